The number of rotatable bonds is 6. The highest BCUT2D eigenvalue weighted by molar-refractivity contribution is 5.88. The molecule has 1 saturated heterocycles. The van der Waals surface area contributed by atoms with Crippen molar-refractivity contribution in [2.75, 3.05) is 26.3 Å². The smallest absolute Gasteiger partial charge is 0.336 e. The normalized spacial score (nSPS) is 24.6. The molecule has 132 valence electrons. The lowest BCUT2D eigenvalue weighted by atomic mass is 10.0. The van der Waals surface area contributed by atoms with Crippen molar-refractivity contribution in [3.05, 3.63) is 34.9 Å². The van der Waals surface area contributed by atoms with Gasteiger partial charge in [-0.3, -0.25) is 4.90 Å². The van der Waals surface area contributed by atoms with Crippen LogP contribution in [0.15, 0.2) is 34.9 Å². The molecule has 6 heteroatoms. The van der Waals surface area contributed by atoms with Gasteiger partial charge in [0, 0.05) is 18.7 Å². The number of aliphatic hydroxyl groups excluding tert-OH is 1. The second-order valence-electron chi connectivity index (χ2n) is 5.97. The van der Waals surface area contributed by atoms with E-state index in [0.717, 1.165) is 25.1 Å². The van der Waals surface area contributed by atoms with E-state index in [0.29, 0.717) is 5.57 Å². The molecule has 2 atom stereocenters. The van der Waals surface area contributed by atoms with E-state index in [2.05, 4.69) is 4.90 Å². The van der Waals surface area contributed by atoms with Crippen LogP contribution in [-0.4, -0.2) is 60.4 Å². The summed E-state index contributed by atoms with van der Waals surface area (Å²) >= 11 is 0. The molecule has 2 heterocycles. The Bertz CT molecular complexity index is 590. The van der Waals surface area contributed by atoms with Crippen molar-refractivity contribution in [2.45, 2.75) is 39.3 Å². The molecule has 2 rings (SSSR count). The summed E-state index contributed by atoms with van der Waals surface area (Å²) < 4.78 is 10.9. The Labute approximate surface area is 142 Å². The lowest BCUT2D eigenvalue weighted by Gasteiger charge is -2.24. The van der Waals surface area contributed by atoms with Crippen molar-refractivity contribution >= 4 is 11.9 Å². The maximum absolute atomic E-state index is 12.0. The van der Waals surface area contributed by atoms with Crippen LogP contribution in [0.2, 0.25) is 0 Å². The fourth-order valence-electron chi connectivity index (χ4n) is 2.99. The molecule has 0 amide bonds. The zero-order valence-corrected chi connectivity index (χ0v) is 14.4. The highest BCUT2D eigenvalue weighted by Gasteiger charge is 2.42. The number of fused-ring (bicyclic) bond motifs is 1. The third-order valence-electron chi connectivity index (χ3n) is 4.58. The molecule has 0 aromatic carbocycles. The molecule has 2 aliphatic rings. The van der Waals surface area contributed by atoms with Crippen LogP contribution in [0.3, 0.4) is 0 Å². The van der Waals surface area contributed by atoms with E-state index >= 15 is 0 Å². The third kappa shape index (κ3) is 3.94. The van der Waals surface area contributed by atoms with Gasteiger partial charge >= 0.3 is 11.9 Å². The Balaban J connectivity index is 1.97. The molecule has 0 saturated carbocycles. The molecule has 0 aromatic rings. The average Bonchev–Trinajstić information content (AvgIpc) is 3.16. The summed E-state index contributed by atoms with van der Waals surface area (Å²) in [4.78, 5) is 26.1. The molecular formula is C18H25NO5. The first kappa shape index (κ1) is 18.4. The number of ether oxygens (including phenoxy) is 2. The molecule has 1 N–H and O–H groups in total. The summed E-state index contributed by atoms with van der Waals surface area (Å²) in [5.74, 6) is -0.820. The van der Waals surface area contributed by atoms with E-state index in [-0.39, 0.29) is 36.9 Å². The predicted molar refractivity (Wildman–Crippen MR) is 89.2 cm³/mol. The number of carbonyl (C=O) groups is 2. The van der Waals surface area contributed by atoms with Crippen molar-refractivity contribution in [1.82, 2.24) is 4.90 Å². The molecule has 0 unspecified atom stereocenters. The van der Waals surface area contributed by atoms with Gasteiger partial charge in [-0.1, -0.05) is 18.2 Å². The highest BCUT2D eigenvalue weighted by atomic mass is 16.5. The van der Waals surface area contributed by atoms with E-state index < -0.39 is 5.97 Å². The van der Waals surface area contributed by atoms with Gasteiger partial charge in [-0.25, -0.2) is 9.59 Å². The first-order chi connectivity index (χ1) is 11.5. The summed E-state index contributed by atoms with van der Waals surface area (Å²) in [6.07, 6.45) is 5.84. The lowest BCUT2D eigenvalue weighted by molar-refractivity contribution is -0.145. The molecule has 0 radical (unpaired) electrons. The lowest BCUT2D eigenvalue weighted by Crippen LogP contribution is -2.36. The number of allylic oxidation sites excluding steroid dienone is 2. The largest absolute Gasteiger partial charge is 0.458 e. The van der Waals surface area contributed by atoms with Gasteiger partial charge in [0.25, 0.3) is 0 Å². The van der Waals surface area contributed by atoms with Gasteiger partial charge in [0.05, 0.1) is 18.2 Å². The number of hydrogen-bond donors (Lipinski definition) is 1. The van der Waals surface area contributed by atoms with E-state index in [9.17, 15) is 9.59 Å². The van der Waals surface area contributed by atoms with Crippen LogP contribution in [0.5, 0.6) is 0 Å². The number of hydrogen-bond acceptors (Lipinski definition) is 6. The molecule has 0 aliphatic carbocycles. The number of aliphatic hydroxyl groups is 1. The molecule has 0 spiro atoms. The van der Waals surface area contributed by atoms with Gasteiger partial charge < -0.3 is 14.6 Å². The van der Waals surface area contributed by atoms with Gasteiger partial charge in [-0.05, 0) is 32.8 Å². The summed E-state index contributed by atoms with van der Waals surface area (Å²) in [6, 6.07) is -0.0328. The van der Waals surface area contributed by atoms with Crippen LogP contribution in [-0.2, 0) is 19.1 Å². The van der Waals surface area contributed by atoms with E-state index in [1.807, 2.05) is 6.08 Å². The third-order valence-corrected chi connectivity index (χ3v) is 4.58. The minimum Gasteiger partial charge on any atom is -0.458 e. The topological polar surface area (TPSA) is 76.1 Å². The fraction of sp³-hybridized carbons (Fsp3) is 0.556. The fourth-order valence-corrected chi connectivity index (χ4v) is 2.99. The van der Waals surface area contributed by atoms with Crippen LogP contribution in [0.25, 0.3) is 0 Å². The number of esters is 2. The van der Waals surface area contributed by atoms with E-state index in [1.54, 1.807) is 26.8 Å². The number of nitrogens with zero attached hydrogens (tertiary/aromatic N) is 1. The average molecular weight is 335 g/mol. The Kier molecular flexibility index (Phi) is 6.34. The Morgan fingerprint density at radius 2 is 2.08 bits per heavy atom. The molecule has 0 bridgehead atoms. The Morgan fingerprint density at radius 1 is 1.33 bits per heavy atom. The van der Waals surface area contributed by atoms with Crippen molar-refractivity contribution in [2.24, 2.45) is 0 Å². The second-order valence-corrected chi connectivity index (χ2v) is 5.97. The zero-order valence-electron chi connectivity index (χ0n) is 14.4. The first-order valence-electron chi connectivity index (χ1n) is 8.21. The second kappa shape index (κ2) is 8.26. The minimum absolute atomic E-state index is 0.0328. The van der Waals surface area contributed by atoms with Crippen LogP contribution in [0, 0.1) is 0 Å². The van der Waals surface area contributed by atoms with Crippen LogP contribution in [0.1, 0.15) is 27.2 Å². The monoisotopic (exact) mass is 335 g/mol. The minimum atomic E-state index is -0.518. The van der Waals surface area contributed by atoms with Gasteiger partial charge in [-0.15, -0.1) is 0 Å². The molecule has 24 heavy (non-hydrogen) atoms. The van der Waals surface area contributed by atoms with Crippen LogP contribution >= 0.6 is 0 Å². The van der Waals surface area contributed by atoms with Crippen molar-refractivity contribution in [1.29, 1.82) is 0 Å². The Hall–Kier alpha value is -1.92. The first-order valence-corrected chi connectivity index (χ1v) is 8.21. The molecular weight excluding hydrogens is 310 g/mol. The quantitative estimate of drug-likeness (QED) is 0.449. The van der Waals surface area contributed by atoms with Crippen LogP contribution in [0.4, 0.5) is 0 Å². The maximum Gasteiger partial charge on any atom is 0.336 e. The summed E-state index contributed by atoms with van der Waals surface area (Å²) in [5.41, 5.74) is 1.78. The summed E-state index contributed by atoms with van der Waals surface area (Å²) in [5, 5.41) is 9.10. The van der Waals surface area contributed by atoms with E-state index in [4.69, 9.17) is 14.6 Å². The number of carbonyl (C=O) groups excluding carboxylic acids is 2. The predicted octanol–water partition coefficient (Wildman–Crippen LogP) is 1.36. The molecule has 0 aromatic heterocycles. The molecule has 2 aliphatic heterocycles. The van der Waals surface area contributed by atoms with Gasteiger partial charge in [0.1, 0.15) is 12.7 Å². The van der Waals surface area contributed by atoms with Crippen LogP contribution < -0.4 is 0 Å². The molecule has 6 nitrogen and oxygen atoms in total. The van der Waals surface area contributed by atoms with Gasteiger partial charge in [0.2, 0.25) is 0 Å². The highest BCUT2D eigenvalue weighted by Crippen LogP contribution is 2.31. The van der Waals surface area contributed by atoms with Gasteiger partial charge in [-0.2, -0.15) is 0 Å². The van der Waals surface area contributed by atoms with Crippen molar-refractivity contribution in [3.63, 3.8) is 0 Å². The molecule has 1 fully saturated rings. The van der Waals surface area contributed by atoms with Crippen molar-refractivity contribution < 1.29 is 24.2 Å². The Morgan fingerprint density at radius 3 is 2.71 bits per heavy atom. The van der Waals surface area contributed by atoms with Gasteiger partial charge in [0.15, 0.2) is 0 Å². The zero-order chi connectivity index (χ0) is 17.7. The van der Waals surface area contributed by atoms with Crippen molar-refractivity contribution in [3.8, 4) is 0 Å². The van der Waals surface area contributed by atoms with E-state index in [1.165, 1.54) is 6.08 Å². The SMILES string of the molecule is C/C=C(/C)C(=O)O[C@@H]1CCN2CC=C(COC(=O)/C(=C\C)CO)[C@H]12. The maximum atomic E-state index is 12.0. The summed E-state index contributed by atoms with van der Waals surface area (Å²) in [7, 11) is 0. The summed E-state index contributed by atoms with van der Waals surface area (Å²) in [6.45, 7) is 6.64. The standard InChI is InChI=1S/C18H25NO5/c1-4-12(3)17(21)24-15-7-9-19-8-6-14(16(15)19)11-23-18(22)13(5-2)10-20/h4-6,15-16,20H,7-11H2,1-3H3/b12-4-,13-5-/t15-,16-/m1/s1.